The summed E-state index contributed by atoms with van der Waals surface area (Å²) in [7, 11) is 0. The summed E-state index contributed by atoms with van der Waals surface area (Å²) in [4.78, 5) is 99.7. The zero-order valence-electron chi connectivity index (χ0n) is 36.7. The molecule has 6 amide bonds. The van der Waals surface area contributed by atoms with E-state index in [0.29, 0.717) is 23.1 Å². The maximum atomic E-state index is 14.5. The third-order valence-electron chi connectivity index (χ3n) is 11.3. The van der Waals surface area contributed by atoms with Gasteiger partial charge in [-0.25, -0.2) is 4.79 Å². The zero-order chi connectivity index (χ0) is 47.2. The van der Waals surface area contributed by atoms with Crippen LogP contribution in [-0.4, -0.2) is 128 Å². The lowest BCUT2D eigenvalue weighted by Crippen LogP contribution is -2.61. The van der Waals surface area contributed by atoms with Crippen LogP contribution in [0.25, 0.3) is 10.9 Å². The number of aliphatic hydroxyl groups excluding tert-OH is 2. The molecule has 0 spiro atoms. The molecule has 0 radical (unpaired) electrons. The maximum Gasteiger partial charge on any atom is 0.326 e. The molecule has 0 saturated carbocycles. The van der Waals surface area contributed by atoms with Gasteiger partial charge in [0.1, 0.15) is 42.3 Å². The number of nitrogens with zero attached hydrogens (tertiary/aromatic N) is 1. The van der Waals surface area contributed by atoms with E-state index in [-0.39, 0.29) is 44.6 Å². The largest absolute Gasteiger partial charge is 0.480 e. The van der Waals surface area contributed by atoms with Gasteiger partial charge in [0.25, 0.3) is 0 Å². The smallest absolute Gasteiger partial charge is 0.326 e. The van der Waals surface area contributed by atoms with E-state index >= 15 is 0 Å². The number of para-hydroxylation sites is 1. The van der Waals surface area contributed by atoms with E-state index in [4.69, 9.17) is 5.73 Å². The molecule has 0 aliphatic carbocycles. The SMILES string of the molecule is CC(C)C[C@H](NC(=O)[C@@H]1CCCN1C(=O)[C@H](CO)NC(=O)[C@H](Cc1ccccc1)NC(=O)[C@H](Cc1ccccc1)NC(=O)[C@H](Cc1c[nH]c2ccccc12)NC(=O)[C@@H](N)[C@@H](C)O)C(=O)O. The van der Waals surface area contributed by atoms with Crippen LogP contribution in [0.2, 0.25) is 0 Å². The van der Waals surface area contributed by atoms with Crippen molar-refractivity contribution in [1.82, 2.24) is 36.5 Å². The van der Waals surface area contributed by atoms with Crippen LogP contribution in [0.3, 0.4) is 0 Å². The van der Waals surface area contributed by atoms with Gasteiger partial charge in [0, 0.05) is 42.9 Å². The number of carboxylic acid groups (broad SMARTS) is 1. The van der Waals surface area contributed by atoms with Gasteiger partial charge in [0.2, 0.25) is 35.4 Å². The van der Waals surface area contributed by atoms with Crippen molar-refractivity contribution in [2.45, 2.75) is 108 Å². The number of benzene rings is 3. The summed E-state index contributed by atoms with van der Waals surface area (Å²) in [6.07, 6.45) is 1.14. The lowest BCUT2D eigenvalue weighted by Gasteiger charge is -2.30. The van der Waals surface area contributed by atoms with E-state index < -0.39 is 96.4 Å². The van der Waals surface area contributed by atoms with Gasteiger partial charge >= 0.3 is 5.97 Å². The highest BCUT2D eigenvalue weighted by molar-refractivity contribution is 5.98. The molecule has 3 aromatic carbocycles. The molecule has 1 aromatic heterocycles. The summed E-state index contributed by atoms with van der Waals surface area (Å²) >= 11 is 0. The summed E-state index contributed by atoms with van der Waals surface area (Å²) in [6, 6.07) is 15.8. The maximum absolute atomic E-state index is 14.5. The van der Waals surface area contributed by atoms with Gasteiger partial charge in [-0.1, -0.05) is 92.7 Å². The summed E-state index contributed by atoms with van der Waals surface area (Å²) in [5.41, 5.74) is 8.71. The Labute approximate surface area is 377 Å². The number of aliphatic hydroxyl groups is 2. The summed E-state index contributed by atoms with van der Waals surface area (Å²) in [5.74, 6) is -5.87. The molecule has 348 valence electrons. The number of hydrogen-bond donors (Lipinski definition) is 10. The van der Waals surface area contributed by atoms with Crippen LogP contribution < -0.4 is 32.3 Å². The Hall–Kier alpha value is -6.63. The highest BCUT2D eigenvalue weighted by atomic mass is 16.4. The number of hydrogen-bond acceptors (Lipinski definition) is 10. The first-order chi connectivity index (χ1) is 31.1. The van der Waals surface area contributed by atoms with E-state index in [2.05, 4.69) is 31.6 Å². The van der Waals surface area contributed by atoms with Gasteiger partial charge in [-0.2, -0.15) is 0 Å². The predicted molar refractivity (Wildman–Crippen MR) is 241 cm³/mol. The van der Waals surface area contributed by atoms with Crippen molar-refractivity contribution in [3.05, 3.63) is 108 Å². The molecule has 18 nitrogen and oxygen atoms in total. The van der Waals surface area contributed by atoms with Gasteiger partial charge in [-0.05, 0) is 54.9 Å². The highest BCUT2D eigenvalue weighted by Gasteiger charge is 2.40. The van der Waals surface area contributed by atoms with Crippen LogP contribution in [0, 0.1) is 5.92 Å². The molecule has 0 bridgehead atoms. The van der Waals surface area contributed by atoms with Crippen molar-refractivity contribution < 1.29 is 48.9 Å². The lowest BCUT2D eigenvalue weighted by atomic mass is 10.0. The fraction of sp³-hybridized carbons (Fsp3) is 0.426. The molecule has 2 heterocycles. The summed E-state index contributed by atoms with van der Waals surface area (Å²) in [5, 5.41) is 44.3. The topological polar surface area (TPSA) is 285 Å². The lowest BCUT2D eigenvalue weighted by molar-refractivity contribution is -0.145. The third kappa shape index (κ3) is 13.7. The Balaban J connectivity index is 1.39. The number of carboxylic acids is 1. The van der Waals surface area contributed by atoms with E-state index in [9.17, 15) is 48.9 Å². The monoisotopic (exact) mass is 896 g/mol. The summed E-state index contributed by atoms with van der Waals surface area (Å²) in [6.45, 7) is 4.23. The van der Waals surface area contributed by atoms with Crippen molar-refractivity contribution in [2.24, 2.45) is 11.7 Å². The van der Waals surface area contributed by atoms with Crippen LogP contribution in [-0.2, 0) is 52.8 Å². The van der Waals surface area contributed by atoms with E-state index in [1.807, 2.05) is 38.1 Å². The third-order valence-corrected chi connectivity index (χ3v) is 11.3. The first kappa shape index (κ1) is 49.4. The number of nitrogens with one attached hydrogen (secondary N) is 6. The first-order valence-corrected chi connectivity index (χ1v) is 21.8. The number of nitrogens with two attached hydrogens (primary N) is 1. The minimum Gasteiger partial charge on any atom is -0.480 e. The fourth-order valence-corrected chi connectivity index (χ4v) is 7.80. The number of aliphatic carboxylic acids is 1. The number of carbonyl (C=O) groups excluding carboxylic acids is 6. The van der Waals surface area contributed by atoms with E-state index in [1.54, 1.807) is 66.9 Å². The minimum absolute atomic E-state index is 0.0268. The molecule has 1 fully saturated rings. The van der Waals surface area contributed by atoms with Crippen molar-refractivity contribution in [2.75, 3.05) is 13.2 Å². The zero-order valence-corrected chi connectivity index (χ0v) is 36.7. The predicted octanol–water partition coefficient (Wildman–Crippen LogP) is 0.442. The number of H-pyrrole nitrogens is 1. The number of likely N-dealkylation sites (tertiary alicyclic amines) is 1. The number of aromatic nitrogens is 1. The van der Waals surface area contributed by atoms with Crippen LogP contribution in [0.5, 0.6) is 0 Å². The van der Waals surface area contributed by atoms with Gasteiger partial charge in [-0.3, -0.25) is 28.8 Å². The average Bonchev–Trinajstić information content (AvgIpc) is 3.95. The second-order valence-electron chi connectivity index (χ2n) is 16.9. The van der Waals surface area contributed by atoms with Gasteiger partial charge in [-0.15, -0.1) is 0 Å². The Morgan fingerprint density at radius 1 is 0.692 bits per heavy atom. The minimum atomic E-state index is -1.54. The molecule has 1 saturated heterocycles. The van der Waals surface area contributed by atoms with Crippen LogP contribution in [0.1, 0.15) is 56.7 Å². The molecule has 8 atom stereocenters. The molecular formula is C47H60N8O10. The van der Waals surface area contributed by atoms with Gasteiger partial charge in [0.15, 0.2) is 0 Å². The molecule has 5 rings (SSSR count). The molecule has 0 unspecified atom stereocenters. The quantitative estimate of drug-likeness (QED) is 0.0517. The second kappa shape index (κ2) is 23.3. The van der Waals surface area contributed by atoms with Crippen molar-refractivity contribution in [1.29, 1.82) is 0 Å². The normalized spacial score (nSPS) is 16.9. The Kier molecular flexibility index (Phi) is 17.7. The van der Waals surface area contributed by atoms with Crippen LogP contribution in [0.4, 0.5) is 0 Å². The van der Waals surface area contributed by atoms with E-state index in [1.165, 1.54) is 11.8 Å². The molecule has 18 heteroatoms. The number of fused-ring (bicyclic) bond motifs is 1. The highest BCUT2D eigenvalue weighted by Crippen LogP contribution is 2.21. The average molecular weight is 897 g/mol. The number of amides is 6. The molecule has 1 aliphatic heterocycles. The second-order valence-corrected chi connectivity index (χ2v) is 16.9. The number of carbonyl (C=O) groups is 7. The fourth-order valence-electron chi connectivity index (χ4n) is 7.80. The van der Waals surface area contributed by atoms with Gasteiger partial charge in [0.05, 0.1) is 12.7 Å². The number of rotatable bonds is 22. The Morgan fingerprint density at radius 3 is 1.72 bits per heavy atom. The molecule has 11 N–H and O–H groups in total. The van der Waals surface area contributed by atoms with Crippen molar-refractivity contribution in [3.8, 4) is 0 Å². The molecule has 1 aliphatic rings. The van der Waals surface area contributed by atoms with Crippen molar-refractivity contribution >= 4 is 52.3 Å². The first-order valence-electron chi connectivity index (χ1n) is 21.8. The molecule has 65 heavy (non-hydrogen) atoms. The number of aromatic amines is 1. The standard InChI is InChI=1S/C47H60N8O10/c1-27(2)21-37(47(64)65)53-44(61)39-19-12-20-55(39)46(63)38(26-56)54-42(59)35(23-30-15-8-5-9-16-30)50-41(58)34(22-29-13-6-4-7-14-29)51-43(60)36(52-45(62)40(48)28(3)57)24-31-25-49-33-18-11-10-17-32(31)33/h4-11,13-18,25,27-28,34-40,49,56-57H,12,19-24,26,48H2,1-3H3,(H,50,58)(H,51,60)(H,52,62)(H,53,61)(H,54,59)(H,64,65)/t28-,34+,35+,36+,37+,38+,39+,40+/m1/s1. The molecular weight excluding hydrogens is 837 g/mol. The van der Waals surface area contributed by atoms with Crippen molar-refractivity contribution in [3.63, 3.8) is 0 Å². The van der Waals surface area contributed by atoms with Gasteiger partial charge < -0.3 is 57.5 Å². The molecule has 4 aromatic rings. The van der Waals surface area contributed by atoms with Crippen LogP contribution >= 0.6 is 0 Å². The Morgan fingerprint density at radius 2 is 1.20 bits per heavy atom. The Bertz CT molecular complexity index is 2270. The summed E-state index contributed by atoms with van der Waals surface area (Å²) < 4.78 is 0. The van der Waals surface area contributed by atoms with Crippen LogP contribution in [0.15, 0.2) is 91.1 Å². The van der Waals surface area contributed by atoms with E-state index in [0.717, 1.165) is 10.9 Å².